The van der Waals surface area contributed by atoms with E-state index < -0.39 is 22.5 Å². The van der Waals surface area contributed by atoms with Gasteiger partial charge < -0.3 is 9.47 Å². The second-order valence-corrected chi connectivity index (χ2v) is 11.8. The fourth-order valence-corrected chi connectivity index (χ4v) is 5.86. The Morgan fingerprint density at radius 3 is 2.31 bits per heavy atom. The molecule has 0 fully saturated rings. The van der Waals surface area contributed by atoms with Crippen molar-refractivity contribution < 1.29 is 22.7 Å². The monoisotopic (exact) mass is 625 g/mol. The third-order valence-corrected chi connectivity index (χ3v) is 8.29. The van der Waals surface area contributed by atoms with Gasteiger partial charge in [0, 0.05) is 10.0 Å². The van der Waals surface area contributed by atoms with E-state index in [1.165, 1.54) is 18.3 Å². The van der Waals surface area contributed by atoms with Crippen LogP contribution in [-0.4, -0.2) is 33.7 Å². The van der Waals surface area contributed by atoms with Crippen LogP contribution in [0.4, 0.5) is 5.69 Å². The minimum absolute atomic E-state index is 0.0532. The Bertz CT molecular complexity index is 1660. The van der Waals surface area contributed by atoms with Gasteiger partial charge in [0.15, 0.2) is 11.5 Å². The van der Waals surface area contributed by atoms with Crippen LogP contribution in [-0.2, 0) is 21.4 Å². The fraction of sp³-hybridized carbons (Fsp3) is 0.161. The number of hydrogen-bond donors (Lipinski definition) is 1. The lowest BCUT2D eigenvalue weighted by molar-refractivity contribution is -0.119. The largest absolute Gasteiger partial charge is 0.490 e. The average molecular weight is 627 g/mol. The van der Waals surface area contributed by atoms with Crippen LogP contribution in [0.3, 0.4) is 0 Å². The molecule has 8 nitrogen and oxygen atoms in total. The molecule has 11 heteroatoms. The maximum atomic E-state index is 13.5. The second kappa shape index (κ2) is 14.2. The summed E-state index contributed by atoms with van der Waals surface area (Å²) in [6, 6.07) is 25.3. The van der Waals surface area contributed by atoms with Crippen molar-refractivity contribution in [3.63, 3.8) is 0 Å². The molecule has 4 rings (SSSR count). The van der Waals surface area contributed by atoms with Gasteiger partial charge in [0.05, 0.1) is 23.4 Å². The van der Waals surface area contributed by atoms with Crippen LogP contribution in [0.25, 0.3) is 0 Å². The van der Waals surface area contributed by atoms with Crippen molar-refractivity contribution >= 4 is 51.0 Å². The Kier molecular flexibility index (Phi) is 10.5. The number of halogens is 2. The fourth-order valence-electron chi connectivity index (χ4n) is 4.00. The molecule has 0 spiro atoms. The highest BCUT2D eigenvalue weighted by atomic mass is 35.5. The molecule has 0 aliphatic rings. The highest BCUT2D eigenvalue weighted by Crippen LogP contribution is 2.30. The number of carbonyl (C=O) groups excluding carboxylic acids is 1. The van der Waals surface area contributed by atoms with E-state index >= 15 is 0 Å². The van der Waals surface area contributed by atoms with Gasteiger partial charge in [-0.3, -0.25) is 9.10 Å². The maximum absolute atomic E-state index is 13.5. The normalized spacial score (nSPS) is 11.3. The number of benzene rings is 4. The van der Waals surface area contributed by atoms with Crippen LogP contribution in [0.1, 0.15) is 23.6 Å². The van der Waals surface area contributed by atoms with Gasteiger partial charge in [-0.25, -0.2) is 13.8 Å². The summed E-state index contributed by atoms with van der Waals surface area (Å²) in [4.78, 5) is 13.0. The van der Waals surface area contributed by atoms with Crippen LogP contribution >= 0.6 is 23.2 Å². The van der Waals surface area contributed by atoms with Gasteiger partial charge in [-0.2, -0.15) is 5.10 Å². The van der Waals surface area contributed by atoms with Gasteiger partial charge in [-0.1, -0.05) is 53.5 Å². The highest BCUT2D eigenvalue weighted by molar-refractivity contribution is 7.92. The molecular weight excluding hydrogens is 597 g/mol. The molecule has 4 aromatic carbocycles. The number of hydrazone groups is 1. The van der Waals surface area contributed by atoms with Crippen LogP contribution < -0.4 is 19.2 Å². The van der Waals surface area contributed by atoms with Crippen LogP contribution in [0.5, 0.6) is 11.5 Å². The SMILES string of the molecule is CCOc1cc(/C=N\NC(=O)CN(c2ccc(Cl)cc2C)S(=O)(=O)c2ccccc2)ccc1OCc1ccc(Cl)cc1. The average Bonchev–Trinajstić information content (AvgIpc) is 2.97. The Labute approximate surface area is 255 Å². The minimum Gasteiger partial charge on any atom is -0.490 e. The molecule has 0 atom stereocenters. The standard InChI is InChI=1S/C31H29Cl2N3O5S/c1-3-40-30-18-24(11-16-29(30)41-21-23-9-12-25(32)13-10-23)19-34-35-31(37)20-36(28-15-14-26(33)17-22(28)2)42(38,39)27-7-5-4-6-8-27/h4-19H,3,20-21H2,1-2H3,(H,35,37)/b34-19-. The summed E-state index contributed by atoms with van der Waals surface area (Å²) >= 11 is 12.0. The number of nitrogens with zero attached hydrogens (tertiary/aromatic N) is 2. The lowest BCUT2D eigenvalue weighted by atomic mass is 10.2. The van der Waals surface area contributed by atoms with Gasteiger partial charge in [0.25, 0.3) is 15.9 Å². The number of rotatable bonds is 12. The summed E-state index contributed by atoms with van der Waals surface area (Å²) in [6.07, 6.45) is 1.44. The van der Waals surface area contributed by atoms with Gasteiger partial charge in [0.1, 0.15) is 13.2 Å². The number of sulfonamides is 1. The van der Waals surface area contributed by atoms with Crippen LogP contribution in [0.2, 0.25) is 10.0 Å². The van der Waals surface area contributed by atoms with E-state index in [1.54, 1.807) is 73.7 Å². The number of ether oxygens (including phenoxy) is 2. The number of anilines is 1. The summed E-state index contributed by atoms with van der Waals surface area (Å²) < 4.78 is 39.8. The van der Waals surface area contributed by atoms with Gasteiger partial charge in [-0.05, 0) is 91.2 Å². The van der Waals surface area contributed by atoms with E-state index in [0.29, 0.717) is 51.6 Å². The van der Waals surface area contributed by atoms with Crippen molar-refractivity contribution in [2.45, 2.75) is 25.3 Å². The first kappa shape index (κ1) is 30.9. The quantitative estimate of drug-likeness (QED) is 0.141. The zero-order valence-electron chi connectivity index (χ0n) is 23.0. The third-order valence-electron chi connectivity index (χ3n) is 6.02. The van der Waals surface area contributed by atoms with Gasteiger partial charge in [0.2, 0.25) is 0 Å². The van der Waals surface area contributed by atoms with Crippen molar-refractivity contribution in [3.8, 4) is 11.5 Å². The topological polar surface area (TPSA) is 97.3 Å². The molecule has 1 N–H and O–H groups in total. The molecule has 0 aliphatic carbocycles. The van der Waals surface area contributed by atoms with Gasteiger partial charge in [-0.15, -0.1) is 0 Å². The molecule has 0 saturated heterocycles. The number of amides is 1. The van der Waals surface area contributed by atoms with Crippen molar-refractivity contribution in [2.75, 3.05) is 17.5 Å². The molecule has 0 aromatic heterocycles. The first-order chi connectivity index (χ1) is 20.2. The van der Waals surface area contributed by atoms with Gasteiger partial charge >= 0.3 is 0 Å². The number of nitrogens with one attached hydrogen (secondary N) is 1. The Hall–Kier alpha value is -4.05. The number of aryl methyl sites for hydroxylation is 1. The summed E-state index contributed by atoms with van der Waals surface area (Å²) in [5.74, 6) is 0.432. The lowest BCUT2D eigenvalue weighted by Crippen LogP contribution is -2.40. The van der Waals surface area contributed by atoms with Crippen molar-refractivity contribution in [3.05, 3.63) is 118 Å². The Morgan fingerprint density at radius 1 is 0.905 bits per heavy atom. The predicted molar refractivity (Wildman–Crippen MR) is 166 cm³/mol. The number of hydrogen-bond acceptors (Lipinski definition) is 6. The Morgan fingerprint density at radius 2 is 1.62 bits per heavy atom. The molecule has 0 saturated carbocycles. The van der Waals surface area contributed by atoms with Crippen molar-refractivity contribution in [1.29, 1.82) is 0 Å². The van der Waals surface area contributed by atoms with E-state index in [-0.39, 0.29) is 4.90 Å². The molecule has 0 radical (unpaired) electrons. The summed E-state index contributed by atoms with van der Waals surface area (Å²) in [5.41, 5.74) is 4.94. The van der Waals surface area contributed by atoms with Crippen molar-refractivity contribution in [2.24, 2.45) is 5.10 Å². The first-order valence-corrected chi connectivity index (χ1v) is 15.2. The van der Waals surface area contributed by atoms with Crippen LogP contribution in [0.15, 0.2) is 101 Å². The molecule has 0 heterocycles. The summed E-state index contributed by atoms with van der Waals surface area (Å²) in [7, 11) is -4.07. The molecule has 1 amide bonds. The maximum Gasteiger partial charge on any atom is 0.264 e. The molecular formula is C31H29Cl2N3O5S. The van der Waals surface area contributed by atoms with Crippen molar-refractivity contribution in [1.82, 2.24) is 5.43 Å². The molecule has 42 heavy (non-hydrogen) atoms. The lowest BCUT2D eigenvalue weighted by Gasteiger charge is -2.25. The van der Waals surface area contributed by atoms with E-state index in [1.807, 2.05) is 19.1 Å². The van der Waals surface area contributed by atoms with Crippen LogP contribution in [0, 0.1) is 6.92 Å². The summed E-state index contributed by atoms with van der Waals surface area (Å²) in [6.45, 7) is 3.84. The van der Waals surface area contributed by atoms with E-state index in [0.717, 1.165) is 9.87 Å². The third kappa shape index (κ3) is 8.03. The molecule has 0 unspecified atom stereocenters. The molecule has 0 aliphatic heterocycles. The van der Waals surface area contributed by atoms with E-state index in [9.17, 15) is 13.2 Å². The number of carbonyl (C=O) groups is 1. The van der Waals surface area contributed by atoms with E-state index in [4.69, 9.17) is 32.7 Å². The first-order valence-electron chi connectivity index (χ1n) is 13.0. The molecule has 0 bridgehead atoms. The predicted octanol–water partition coefficient (Wildman–Crippen LogP) is 6.63. The Balaban J connectivity index is 1.48. The highest BCUT2D eigenvalue weighted by Gasteiger charge is 2.28. The minimum atomic E-state index is -4.07. The zero-order chi connectivity index (χ0) is 30.1. The smallest absolute Gasteiger partial charge is 0.264 e. The second-order valence-electron chi connectivity index (χ2n) is 9.10. The molecule has 218 valence electrons. The molecule has 4 aromatic rings. The van der Waals surface area contributed by atoms with E-state index in [2.05, 4.69) is 10.5 Å². The summed E-state index contributed by atoms with van der Waals surface area (Å²) in [5, 5.41) is 5.14. The zero-order valence-corrected chi connectivity index (χ0v) is 25.3.